The Hall–Kier alpha value is -4.84. The summed E-state index contributed by atoms with van der Waals surface area (Å²) in [6, 6.07) is 16.6. The number of nitrogens with one attached hydrogen (secondary N) is 3. The molecule has 13 heteroatoms. The molecule has 0 saturated heterocycles. The van der Waals surface area contributed by atoms with E-state index in [1.54, 1.807) is 36.1 Å². The molecule has 2 heterocycles. The van der Waals surface area contributed by atoms with Gasteiger partial charge in [-0.2, -0.15) is 18.3 Å². The molecule has 0 aliphatic carbocycles. The molecule has 9 nitrogen and oxygen atoms in total. The van der Waals surface area contributed by atoms with Gasteiger partial charge < -0.3 is 20.7 Å². The van der Waals surface area contributed by atoms with E-state index in [-0.39, 0.29) is 5.69 Å². The number of urea groups is 1. The van der Waals surface area contributed by atoms with Crippen molar-refractivity contribution in [2.24, 2.45) is 0 Å². The molecule has 0 saturated carbocycles. The van der Waals surface area contributed by atoms with Crippen molar-refractivity contribution >= 4 is 51.5 Å². The Morgan fingerprint density at radius 2 is 1.57 bits per heavy atom. The van der Waals surface area contributed by atoms with Crippen LogP contribution in [0.3, 0.4) is 0 Å². The van der Waals surface area contributed by atoms with Crippen LogP contribution in [0.1, 0.15) is 11.3 Å². The van der Waals surface area contributed by atoms with E-state index in [2.05, 4.69) is 31.0 Å². The van der Waals surface area contributed by atoms with E-state index in [1.165, 1.54) is 12.4 Å². The van der Waals surface area contributed by atoms with Crippen molar-refractivity contribution in [1.29, 1.82) is 0 Å². The standard InChI is InChI=1S/C27H21ClF3N7O2/c1-15-23-24(32-14-33-25(23)38(37-15)19-8-10-20(40-2)11-9-19)34-16-3-5-17(6-4-16)35-26(39)36-18-7-12-22(28)21(13-18)27(29,30)31/h3-14H,1-2H3,(H,32,33,34)(H2,35,36,39). The molecule has 0 aliphatic heterocycles. The molecule has 0 radical (unpaired) electrons. The lowest BCUT2D eigenvalue weighted by Gasteiger charge is -2.13. The predicted molar refractivity (Wildman–Crippen MR) is 147 cm³/mol. The lowest BCUT2D eigenvalue weighted by Crippen LogP contribution is -2.19. The van der Waals surface area contributed by atoms with Crippen LogP contribution in [0.5, 0.6) is 5.75 Å². The van der Waals surface area contributed by atoms with Crippen LogP contribution in [0.25, 0.3) is 16.7 Å². The number of nitrogens with zero attached hydrogens (tertiary/aromatic N) is 4. The van der Waals surface area contributed by atoms with Gasteiger partial charge in [0.25, 0.3) is 0 Å². The molecule has 5 aromatic rings. The number of anilines is 4. The minimum absolute atomic E-state index is 0.0501. The maximum absolute atomic E-state index is 13.1. The Kier molecular flexibility index (Phi) is 7.18. The summed E-state index contributed by atoms with van der Waals surface area (Å²) in [6.45, 7) is 1.86. The fourth-order valence-corrected chi connectivity index (χ4v) is 4.23. The maximum atomic E-state index is 13.1. The number of halogens is 4. The van der Waals surface area contributed by atoms with Crippen LogP contribution in [0, 0.1) is 6.92 Å². The molecule has 0 bridgehead atoms. The number of aromatic nitrogens is 4. The zero-order chi connectivity index (χ0) is 28.4. The summed E-state index contributed by atoms with van der Waals surface area (Å²) in [5, 5.41) is 13.1. The number of hydrogen-bond acceptors (Lipinski definition) is 6. The number of benzene rings is 3. The van der Waals surface area contributed by atoms with Crippen molar-refractivity contribution in [3.05, 3.63) is 89.3 Å². The number of aryl methyl sites for hydroxylation is 1. The number of carbonyl (C=O) groups is 1. The maximum Gasteiger partial charge on any atom is 0.417 e. The first-order chi connectivity index (χ1) is 19.1. The lowest BCUT2D eigenvalue weighted by molar-refractivity contribution is -0.137. The highest BCUT2D eigenvalue weighted by Gasteiger charge is 2.33. The van der Waals surface area contributed by atoms with Crippen molar-refractivity contribution < 1.29 is 22.7 Å². The van der Waals surface area contributed by atoms with Crippen LogP contribution in [0.15, 0.2) is 73.1 Å². The smallest absolute Gasteiger partial charge is 0.417 e. The van der Waals surface area contributed by atoms with E-state index in [0.29, 0.717) is 22.8 Å². The SMILES string of the molecule is COc1ccc(-n2nc(C)c3c(Nc4ccc(NC(=O)Nc5ccc(Cl)c(C(F)(F)F)c5)cc4)ncnc32)cc1. The van der Waals surface area contributed by atoms with Gasteiger partial charge in [0.2, 0.25) is 0 Å². The number of ether oxygens (including phenoxy) is 1. The summed E-state index contributed by atoms with van der Waals surface area (Å²) in [5.74, 6) is 1.27. The van der Waals surface area contributed by atoms with Crippen molar-refractivity contribution in [1.82, 2.24) is 19.7 Å². The van der Waals surface area contributed by atoms with Gasteiger partial charge in [-0.05, 0) is 73.7 Å². The van der Waals surface area contributed by atoms with Gasteiger partial charge >= 0.3 is 12.2 Å². The molecule has 0 aliphatic rings. The molecule has 40 heavy (non-hydrogen) atoms. The number of hydrogen-bond donors (Lipinski definition) is 3. The van der Waals surface area contributed by atoms with Crippen LogP contribution in [0.2, 0.25) is 5.02 Å². The Balaban J connectivity index is 1.30. The van der Waals surface area contributed by atoms with E-state index in [0.717, 1.165) is 34.6 Å². The van der Waals surface area contributed by atoms with E-state index in [1.807, 2.05) is 31.2 Å². The average molecular weight is 568 g/mol. The summed E-state index contributed by atoms with van der Waals surface area (Å²) in [6.07, 6.45) is -3.21. The largest absolute Gasteiger partial charge is 0.497 e. The Morgan fingerprint density at radius 1 is 0.925 bits per heavy atom. The van der Waals surface area contributed by atoms with E-state index >= 15 is 0 Å². The summed E-state index contributed by atoms with van der Waals surface area (Å²) < 4.78 is 46.2. The number of carbonyl (C=O) groups excluding carboxylic acids is 1. The molecule has 5 rings (SSSR count). The molecule has 0 spiro atoms. The average Bonchev–Trinajstić information content (AvgIpc) is 3.27. The third-order valence-electron chi connectivity index (χ3n) is 5.89. The minimum Gasteiger partial charge on any atom is -0.497 e. The highest BCUT2D eigenvalue weighted by Crippen LogP contribution is 2.36. The first kappa shape index (κ1) is 26.8. The van der Waals surface area contributed by atoms with Gasteiger partial charge in [0.05, 0.1) is 34.5 Å². The molecule has 0 atom stereocenters. The van der Waals surface area contributed by atoms with Crippen molar-refractivity contribution in [2.75, 3.05) is 23.1 Å². The minimum atomic E-state index is -4.64. The second-order valence-corrected chi connectivity index (χ2v) is 9.00. The van der Waals surface area contributed by atoms with Crippen LogP contribution in [0.4, 0.5) is 40.8 Å². The van der Waals surface area contributed by atoms with Crippen molar-refractivity contribution in [2.45, 2.75) is 13.1 Å². The van der Waals surface area contributed by atoms with E-state index < -0.39 is 22.8 Å². The molecular weight excluding hydrogens is 547 g/mol. The quantitative estimate of drug-likeness (QED) is 0.200. The summed E-state index contributed by atoms with van der Waals surface area (Å²) in [5.41, 5.74) is 2.16. The first-order valence-corrected chi connectivity index (χ1v) is 12.2. The summed E-state index contributed by atoms with van der Waals surface area (Å²) in [4.78, 5) is 21.2. The Morgan fingerprint density at radius 3 is 2.25 bits per heavy atom. The second-order valence-electron chi connectivity index (χ2n) is 8.59. The first-order valence-electron chi connectivity index (χ1n) is 11.8. The van der Waals surface area contributed by atoms with Crippen LogP contribution >= 0.6 is 11.6 Å². The van der Waals surface area contributed by atoms with Crippen LogP contribution < -0.4 is 20.7 Å². The zero-order valence-electron chi connectivity index (χ0n) is 21.0. The van der Waals surface area contributed by atoms with Gasteiger partial charge in [0, 0.05) is 17.1 Å². The second kappa shape index (κ2) is 10.7. The molecule has 3 N–H and O–H groups in total. The Labute approximate surface area is 231 Å². The van der Waals surface area contributed by atoms with Gasteiger partial charge in [-0.15, -0.1) is 0 Å². The predicted octanol–water partition coefficient (Wildman–Crippen LogP) is 7.19. The highest BCUT2D eigenvalue weighted by molar-refractivity contribution is 6.31. The lowest BCUT2D eigenvalue weighted by atomic mass is 10.2. The van der Waals surface area contributed by atoms with Gasteiger partial charge in [-0.25, -0.2) is 19.4 Å². The fourth-order valence-electron chi connectivity index (χ4n) is 4.00. The topological polar surface area (TPSA) is 106 Å². The summed E-state index contributed by atoms with van der Waals surface area (Å²) in [7, 11) is 1.60. The Bertz CT molecular complexity index is 1690. The molecule has 0 fully saturated rings. The number of alkyl halides is 3. The zero-order valence-corrected chi connectivity index (χ0v) is 21.8. The highest BCUT2D eigenvalue weighted by atomic mass is 35.5. The third kappa shape index (κ3) is 5.61. The number of amides is 2. The molecule has 2 amide bonds. The normalized spacial score (nSPS) is 11.3. The fraction of sp³-hybridized carbons (Fsp3) is 0.111. The summed E-state index contributed by atoms with van der Waals surface area (Å²) >= 11 is 5.63. The number of methoxy groups -OCH3 is 1. The van der Waals surface area contributed by atoms with E-state index in [9.17, 15) is 18.0 Å². The van der Waals surface area contributed by atoms with E-state index in [4.69, 9.17) is 16.3 Å². The number of fused-ring (bicyclic) bond motifs is 1. The molecule has 2 aromatic heterocycles. The van der Waals surface area contributed by atoms with Gasteiger partial charge in [0.15, 0.2) is 5.65 Å². The van der Waals surface area contributed by atoms with Gasteiger partial charge in [-0.1, -0.05) is 11.6 Å². The van der Waals surface area contributed by atoms with Gasteiger partial charge in [-0.3, -0.25) is 0 Å². The molecule has 204 valence electrons. The van der Waals surface area contributed by atoms with Crippen molar-refractivity contribution in [3.63, 3.8) is 0 Å². The third-order valence-corrected chi connectivity index (χ3v) is 6.22. The molecule has 3 aromatic carbocycles. The van der Waals surface area contributed by atoms with Gasteiger partial charge in [0.1, 0.15) is 17.9 Å². The van der Waals surface area contributed by atoms with Crippen molar-refractivity contribution in [3.8, 4) is 11.4 Å². The molecular formula is C27H21ClF3N7O2. The molecule has 0 unspecified atom stereocenters. The van der Waals surface area contributed by atoms with Crippen LogP contribution in [-0.2, 0) is 6.18 Å². The van der Waals surface area contributed by atoms with Crippen LogP contribution in [-0.4, -0.2) is 32.9 Å². The number of rotatable bonds is 6. The monoisotopic (exact) mass is 567 g/mol.